The lowest BCUT2D eigenvalue weighted by Gasteiger charge is -2.06. The zero-order chi connectivity index (χ0) is 14.1. The van der Waals surface area contributed by atoms with E-state index in [4.69, 9.17) is 0 Å². The predicted molar refractivity (Wildman–Crippen MR) is 80.1 cm³/mol. The average Bonchev–Trinajstić information content (AvgIpc) is 2.86. The highest BCUT2D eigenvalue weighted by Crippen LogP contribution is 2.24. The minimum absolute atomic E-state index is 0.480. The molecule has 0 atom stereocenters. The highest BCUT2D eigenvalue weighted by molar-refractivity contribution is 5.85. The van der Waals surface area contributed by atoms with Crippen molar-refractivity contribution < 1.29 is 4.79 Å². The van der Waals surface area contributed by atoms with Crippen LogP contribution in [0.4, 0.5) is 0 Å². The van der Waals surface area contributed by atoms with Crippen LogP contribution >= 0.6 is 0 Å². The number of pyridine rings is 1. The topological polar surface area (TPSA) is 34.4 Å². The third kappa shape index (κ3) is 2.01. The maximum Gasteiger partial charge on any atom is 0.170 e. The number of aromatic nitrogens is 2. The van der Waals surface area contributed by atoms with Crippen molar-refractivity contribution >= 4 is 11.8 Å². The summed E-state index contributed by atoms with van der Waals surface area (Å²) in [5, 5.41) is 0. The van der Waals surface area contributed by atoms with Gasteiger partial charge in [0.25, 0.3) is 0 Å². The predicted octanol–water partition coefficient (Wildman–Crippen LogP) is 3.94. The first-order chi connectivity index (χ1) is 9.70. The molecular weight excluding hydrogens is 248 g/mol. The van der Waals surface area contributed by atoms with E-state index in [9.17, 15) is 4.79 Å². The van der Waals surface area contributed by atoms with E-state index in [0.717, 1.165) is 23.2 Å². The summed E-state index contributed by atoms with van der Waals surface area (Å²) in [5.41, 5.74) is 3.63. The molecule has 0 aliphatic rings. The quantitative estimate of drug-likeness (QED) is 0.671. The minimum atomic E-state index is 0.480. The van der Waals surface area contributed by atoms with E-state index in [-0.39, 0.29) is 0 Å². The number of imidazole rings is 1. The fourth-order valence-electron chi connectivity index (χ4n) is 2.37. The van der Waals surface area contributed by atoms with Gasteiger partial charge in [-0.25, -0.2) is 4.98 Å². The Balaban J connectivity index is 2.16. The molecule has 0 unspecified atom stereocenters. The number of benzene rings is 1. The SMILES string of the molecule is CC(C)c1ccc(-c2nc(C=O)c3ccccn23)cc1. The summed E-state index contributed by atoms with van der Waals surface area (Å²) in [6.07, 6.45) is 2.74. The van der Waals surface area contributed by atoms with Gasteiger partial charge < -0.3 is 0 Å². The van der Waals surface area contributed by atoms with E-state index >= 15 is 0 Å². The van der Waals surface area contributed by atoms with Crippen molar-refractivity contribution in [2.45, 2.75) is 19.8 Å². The third-order valence-electron chi connectivity index (χ3n) is 3.52. The molecule has 0 radical (unpaired) electrons. The van der Waals surface area contributed by atoms with Gasteiger partial charge in [0.1, 0.15) is 11.5 Å². The molecule has 0 saturated carbocycles. The van der Waals surface area contributed by atoms with Gasteiger partial charge >= 0.3 is 0 Å². The summed E-state index contributed by atoms with van der Waals surface area (Å²) in [7, 11) is 0. The molecule has 0 spiro atoms. The number of aldehydes is 1. The molecule has 0 amide bonds. The zero-order valence-corrected chi connectivity index (χ0v) is 11.6. The van der Waals surface area contributed by atoms with Gasteiger partial charge in [-0.1, -0.05) is 44.2 Å². The minimum Gasteiger partial charge on any atom is -0.299 e. The summed E-state index contributed by atoms with van der Waals surface area (Å²) in [6, 6.07) is 14.1. The zero-order valence-electron chi connectivity index (χ0n) is 11.6. The van der Waals surface area contributed by atoms with Crippen molar-refractivity contribution in [3.05, 3.63) is 59.9 Å². The number of hydrogen-bond donors (Lipinski definition) is 0. The Labute approximate surface area is 117 Å². The second-order valence-electron chi connectivity index (χ2n) is 5.17. The van der Waals surface area contributed by atoms with Crippen LogP contribution in [0.5, 0.6) is 0 Å². The van der Waals surface area contributed by atoms with Crippen LogP contribution in [0.3, 0.4) is 0 Å². The van der Waals surface area contributed by atoms with Crippen LogP contribution in [0.2, 0.25) is 0 Å². The van der Waals surface area contributed by atoms with Gasteiger partial charge in [-0.3, -0.25) is 9.20 Å². The highest BCUT2D eigenvalue weighted by atomic mass is 16.1. The number of carbonyl (C=O) groups excluding carboxylic acids is 1. The third-order valence-corrected chi connectivity index (χ3v) is 3.52. The van der Waals surface area contributed by atoms with Crippen LogP contribution in [0.15, 0.2) is 48.7 Å². The molecule has 0 saturated heterocycles. The lowest BCUT2D eigenvalue weighted by Crippen LogP contribution is -1.90. The molecule has 3 nitrogen and oxygen atoms in total. The maximum atomic E-state index is 11.1. The van der Waals surface area contributed by atoms with Crippen LogP contribution < -0.4 is 0 Å². The smallest absolute Gasteiger partial charge is 0.170 e. The molecule has 2 heterocycles. The number of nitrogens with zero attached hydrogens (tertiary/aromatic N) is 2. The molecule has 3 heteroatoms. The largest absolute Gasteiger partial charge is 0.299 e. The van der Waals surface area contributed by atoms with E-state index in [1.165, 1.54) is 5.56 Å². The lowest BCUT2D eigenvalue weighted by atomic mass is 10.0. The Morgan fingerprint density at radius 3 is 2.50 bits per heavy atom. The summed E-state index contributed by atoms with van der Waals surface area (Å²) < 4.78 is 1.95. The van der Waals surface area contributed by atoms with Gasteiger partial charge in [0.15, 0.2) is 6.29 Å². The van der Waals surface area contributed by atoms with E-state index in [1.807, 2.05) is 28.8 Å². The summed E-state index contributed by atoms with van der Waals surface area (Å²) in [6.45, 7) is 4.34. The standard InChI is InChI=1S/C17H16N2O/c1-12(2)13-6-8-14(9-7-13)17-18-15(11-20)16-5-3-4-10-19(16)17/h3-12H,1-2H3. The van der Waals surface area contributed by atoms with Gasteiger partial charge in [0.2, 0.25) is 0 Å². The molecule has 100 valence electrons. The van der Waals surface area contributed by atoms with E-state index < -0.39 is 0 Å². The molecule has 3 rings (SSSR count). The van der Waals surface area contributed by atoms with Crippen molar-refractivity contribution in [3.63, 3.8) is 0 Å². The van der Waals surface area contributed by atoms with Crippen LogP contribution in [0.1, 0.15) is 35.8 Å². The Kier molecular flexibility index (Phi) is 3.11. The van der Waals surface area contributed by atoms with E-state index in [2.05, 4.69) is 43.1 Å². The van der Waals surface area contributed by atoms with Gasteiger partial charge in [-0.05, 0) is 23.6 Å². The number of carbonyl (C=O) groups is 1. The molecule has 2 aromatic heterocycles. The van der Waals surface area contributed by atoms with Crippen molar-refractivity contribution in [3.8, 4) is 11.4 Å². The van der Waals surface area contributed by atoms with E-state index in [1.54, 1.807) is 0 Å². The Morgan fingerprint density at radius 1 is 1.10 bits per heavy atom. The number of hydrogen-bond acceptors (Lipinski definition) is 2. The van der Waals surface area contributed by atoms with Crippen molar-refractivity contribution in [2.75, 3.05) is 0 Å². The highest BCUT2D eigenvalue weighted by Gasteiger charge is 2.11. The maximum absolute atomic E-state index is 11.1. The lowest BCUT2D eigenvalue weighted by molar-refractivity contribution is 0.112. The molecule has 0 aliphatic carbocycles. The first-order valence-electron chi connectivity index (χ1n) is 6.73. The summed E-state index contributed by atoms with van der Waals surface area (Å²) >= 11 is 0. The monoisotopic (exact) mass is 264 g/mol. The Bertz CT molecular complexity index is 754. The molecule has 0 aliphatic heterocycles. The average molecular weight is 264 g/mol. The van der Waals surface area contributed by atoms with Gasteiger partial charge in [-0.15, -0.1) is 0 Å². The summed E-state index contributed by atoms with van der Waals surface area (Å²) in [4.78, 5) is 15.6. The number of fused-ring (bicyclic) bond motifs is 1. The van der Waals surface area contributed by atoms with Crippen molar-refractivity contribution in [1.29, 1.82) is 0 Å². The van der Waals surface area contributed by atoms with Crippen molar-refractivity contribution in [2.24, 2.45) is 0 Å². The van der Waals surface area contributed by atoms with Crippen LogP contribution in [0.25, 0.3) is 16.9 Å². The molecule has 0 bridgehead atoms. The van der Waals surface area contributed by atoms with E-state index in [0.29, 0.717) is 11.6 Å². The van der Waals surface area contributed by atoms with Crippen LogP contribution in [-0.4, -0.2) is 15.7 Å². The Morgan fingerprint density at radius 2 is 1.85 bits per heavy atom. The number of rotatable bonds is 3. The Hall–Kier alpha value is -2.42. The second kappa shape index (κ2) is 4.93. The molecule has 0 N–H and O–H groups in total. The van der Waals surface area contributed by atoms with Crippen molar-refractivity contribution in [1.82, 2.24) is 9.38 Å². The molecule has 3 aromatic rings. The fourth-order valence-corrected chi connectivity index (χ4v) is 2.37. The molecule has 0 fully saturated rings. The molecule has 20 heavy (non-hydrogen) atoms. The first-order valence-corrected chi connectivity index (χ1v) is 6.73. The fraction of sp³-hybridized carbons (Fsp3) is 0.176. The second-order valence-corrected chi connectivity index (χ2v) is 5.17. The normalized spacial score (nSPS) is 11.2. The molecular formula is C17H16N2O. The van der Waals surface area contributed by atoms with Crippen LogP contribution in [-0.2, 0) is 0 Å². The first kappa shape index (κ1) is 12.6. The van der Waals surface area contributed by atoms with Gasteiger partial charge in [-0.2, -0.15) is 0 Å². The van der Waals surface area contributed by atoms with Gasteiger partial charge in [0.05, 0.1) is 5.52 Å². The van der Waals surface area contributed by atoms with Crippen LogP contribution in [0, 0.1) is 0 Å². The molecule has 1 aromatic carbocycles. The van der Waals surface area contributed by atoms with Gasteiger partial charge in [0, 0.05) is 11.8 Å². The summed E-state index contributed by atoms with van der Waals surface area (Å²) in [5.74, 6) is 1.31.